The predicted octanol–water partition coefficient (Wildman–Crippen LogP) is -0.0241. The van der Waals surface area contributed by atoms with Gasteiger partial charge in [-0.1, -0.05) is 0 Å². The Labute approximate surface area is 175 Å². The number of piperazine rings is 1. The summed E-state index contributed by atoms with van der Waals surface area (Å²) >= 11 is 0. The molecule has 3 aliphatic heterocycles. The summed E-state index contributed by atoms with van der Waals surface area (Å²) < 4.78 is 45.0. The SMILES string of the molecule is O=C(O)N1CCN(CCOc2ccc3c(n2)OC2(CCOCC2)CNS3(=O)=O)CC1. The fourth-order valence-electron chi connectivity index (χ4n) is 3.78. The van der Waals surface area contributed by atoms with Crippen LogP contribution in [0.5, 0.6) is 11.8 Å². The van der Waals surface area contributed by atoms with Gasteiger partial charge in [0.15, 0.2) is 0 Å². The Bertz CT molecular complexity index is 881. The first-order valence-electron chi connectivity index (χ1n) is 9.97. The summed E-state index contributed by atoms with van der Waals surface area (Å²) in [5.41, 5.74) is -0.675. The summed E-state index contributed by atoms with van der Waals surface area (Å²) in [5, 5.41) is 9.00. The van der Waals surface area contributed by atoms with Crippen LogP contribution in [0.3, 0.4) is 0 Å². The largest absolute Gasteiger partial charge is 0.476 e. The van der Waals surface area contributed by atoms with Crippen LogP contribution in [-0.2, 0) is 14.8 Å². The third-order valence-corrected chi connectivity index (χ3v) is 7.11. The van der Waals surface area contributed by atoms with Crippen LogP contribution < -0.4 is 14.2 Å². The van der Waals surface area contributed by atoms with Crippen molar-refractivity contribution in [2.75, 3.05) is 59.1 Å². The molecule has 2 saturated heterocycles. The molecular weight excluding hydrogens is 416 g/mol. The van der Waals surface area contributed by atoms with Gasteiger partial charge in [-0.3, -0.25) is 4.90 Å². The van der Waals surface area contributed by atoms with Gasteiger partial charge in [0.2, 0.25) is 21.8 Å². The van der Waals surface area contributed by atoms with Crippen LogP contribution >= 0.6 is 0 Å². The van der Waals surface area contributed by atoms with Crippen molar-refractivity contribution in [3.05, 3.63) is 12.1 Å². The molecule has 30 heavy (non-hydrogen) atoms. The van der Waals surface area contributed by atoms with E-state index in [4.69, 9.17) is 19.3 Å². The van der Waals surface area contributed by atoms with Gasteiger partial charge in [-0.2, -0.15) is 4.98 Å². The molecule has 1 aromatic heterocycles. The predicted molar refractivity (Wildman–Crippen MR) is 104 cm³/mol. The zero-order valence-electron chi connectivity index (χ0n) is 16.6. The maximum atomic E-state index is 12.6. The quantitative estimate of drug-likeness (QED) is 0.660. The molecule has 0 aliphatic carbocycles. The highest BCUT2D eigenvalue weighted by atomic mass is 32.2. The number of hydrogen-bond acceptors (Lipinski definition) is 8. The summed E-state index contributed by atoms with van der Waals surface area (Å²) in [5.74, 6) is 0.340. The average Bonchev–Trinajstić information content (AvgIpc) is 2.83. The highest BCUT2D eigenvalue weighted by Crippen LogP contribution is 2.34. The van der Waals surface area contributed by atoms with Crippen LogP contribution in [0, 0.1) is 0 Å². The van der Waals surface area contributed by atoms with E-state index < -0.39 is 21.7 Å². The molecule has 0 radical (unpaired) electrons. The number of nitrogens with one attached hydrogen (secondary N) is 1. The van der Waals surface area contributed by atoms with Crippen molar-refractivity contribution in [3.8, 4) is 11.8 Å². The minimum Gasteiger partial charge on any atom is -0.476 e. The van der Waals surface area contributed by atoms with E-state index in [1.165, 1.54) is 17.0 Å². The fraction of sp³-hybridized carbons (Fsp3) is 0.667. The highest BCUT2D eigenvalue weighted by Gasteiger charge is 2.41. The maximum absolute atomic E-state index is 12.6. The van der Waals surface area contributed by atoms with Crippen molar-refractivity contribution in [1.29, 1.82) is 0 Å². The van der Waals surface area contributed by atoms with Crippen LogP contribution in [0.2, 0.25) is 0 Å². The number of nitrogens with zero attached hydrogens (tertiary/aromatic N) is 3. The van der Waals surface area contributed by atoms with Gasteiger partial charge >= 0.3 is 6.09 Å². The van der Waals surface area contributed by atoms with E-state index in [1.807, 2.05) is 0 Å². The lowest BCUT2D eigenvalue weighted by atomic mass is 9.94. The number of carbonyl (C=O) groups is 1. The topological polar surface area (TPSA) is 131 Å². The van der Waals surface area contributed by atoms with E-state index in [2.05, 4.69) is 14.6 Å². The van der Waals surface area contributed by atoms with Gasteiger partial charge in [0.05, 0.1) is 19.8 Å². The number of amides is 1. The molecule has 0 saturated carbocycles. The van der Waals surface area contributed by atoms with E-state index in [1.54, 1.807) is 0 Å². The maximum Gasteiger partial charge on any atom is 0.407 e. The number of sulfonamides is 1. The van der Waals surface area contributed by atoms with E-state index >= 15 is 0 Å². The number of pyridine rings is 1. The first-order valence-corrected chi connectivity index (χ1v) is 11.5. The van der Waals surface area contributed by atoms with Gasteiger partial charge in [0, 0.05) is 51.6 Å². The molecule has 4 rings (SSSR count). The second kappa shape index (κ2) is 8.53. The van der Waals surface area contributed by atoms with Crippen LogP contribution in [0.4, 0.5) is 4.79 Å². The molecule has 0 bridgehead atoms. The van der Waals surface area contributed by atoms with Crippen molar-refractivity contribution in [2.45, 2.75) is 23.3 Å². The van der Waals surface area contributed by atoms with Crippen molar-refractivity contribution >= 4 is 16.1 Å². The Morgan fingerprint density at radius 3 is 2.67 bits per heavy atom. The third-order valence-electron chi connectivity index (χ3n) is 5.69. The molecule has 2 N–H and O–H groups in total. The Morgan fingerprint density at radius 2 is 1.97 bits per heavy atom. The summed E-state index contributed by atoms with van der Waals surface area (Å²) in [6.45, 7) is 4.37. The molecular formula is C18H26N4O7S. The lowest BCUT2D eigenvalue weighted by Gasteiger charge is -2.35. The van der Waals surface area contributed by atoms with E-state index in [0.29, 0.717) is 65.4 Å². The molecule has 12 heteroatoms. The standard InChI is InChI=1S/C18H26N4O7S/c23-17(24)22-7-5-21(6-8-22)9-12-28-15-2-1-14-16(20-15)29-18(3-10-27-11-4-18)13-19-30(14,25)26/h1-2,19H,3-13H2,(H,23,24). The van der Waals surface area contributed by atoms with Gasteiger partial charge in [-0.15, -0.1) is 0 Å². The molecule has 0 aromatic carbocycles. The summed E-state index contributed by atoms with van der Waals surface area (Å²) in [6.07, 6.45) is 0.250. The smallest absolute Gasteiger partial charge is 0.407 e. The Morgan fingerprint density at radius 1 is 1.23 bits per heavy atom. The first-order chi connectivity index (χ1) is 14.4. The van der Waals surface area contributed by atoms with E-state index in [9.17, 15) is 13.2 Å². The number of fused-ring (bicyclic) bond motifs is 1. The van der Waals surface area contributed by atoms with Crippen molar-refractivity contribution in [2.24, 2.45) is 0 Å². The van der Waals surface area contributed by atoms with E-state index in [0.717, 1.165) is 0 Å². The number of ether oxygens (including phenoxy) is 3. The number of hydrogen-bond donors (Lipinski definition) is 2. The molecule has 11 nitrogen and oxygen atoms in total. The van der Waals surface area contributed by atoms with Gasteiger partial charge < -0.3 is 24.2 Å². The van der Waals surface area contributed by atoms with Gasteiger partial charge in [-0.05, 0) is 6.07 Å². The molecule has 0 unspecified atom stereocenters. The van der Waals surface area contributed by atoms with Gasteiger partial charge in [-0.25, -0.2) is 17.9 Å². The molecule has 3 aliphatic rings. The number of rotatable bonds is 4. The molecule has 2 fully saturated rings. The second-order valence-corrected chi connectivity index (χ2v) is 9.37. The van der Waals surface area contributed by atoms with Crippen LogP contribution in [0.1, 0.15) is 12.8 Å². The Hall–Kier alpha value is -2.15. The first kappa shape index (κ1) is 21.1. The summed E-state index contributed by atoms with van der Waals surface area (Å²) in [6, 6.07) is 2.97. The Kier molecular flexibility index (Phi) is 6.00. The fourth-order valence-corrected chi connectivity index (χ4v) is 4.95. The molecule has 1 amide bonds. The zero-order valence-corrected chi connectivity index (χ0v) is 17.4. The second-order valence-electron chi connectivity index (χ2n) is 7.63. The number of carboxylic acid groups (broad SMARTS) is 1. The minimum absolute atomic E-state index is 0.00279. The van der Waals surface area contributed by atoms with Gasteiger partial charge in [0.25, 0.3) is 0 Å². The molecule has 4 heterocycles. The third kappa shape index (κ3) is 4.61. The number of aromatic nitrogens is 1. The molecule has 1 aromatic rings. The summed E-state index contributed by atoms with van der Waals surface area (Å²) in [7, 11) is -3.72. The molecule has 0 atom stereocenters. The molecule has 1 spiro atoms. The molecule has 166 valence electrons. The average molecular weight is 442 g/mol. The van der Waals surface area contributed by atoms with Crippen LogP contribution in [0.25, 0.3) is 0 Å². The lowest BCUT2D eigenvalue weighted by Crippen LogP contribution is -2.49. The highest BCUT2D eigenvalue weighted by molar-refractivity contribution is 7.89. The van der Waals surface area contributed by atoms with Crippen LogP contribution in [-0.4, -0.2) is 99.1 Å². The minimum atomic E-state index is -3.72. The zero-order chi connectivity index (χ0) is 21.2. The summed E-state index contributed by atoms with van der Waals surface area (Å²) in [4.78, 5) is 18.8. The van der Waals surface area contributed by atoms with Crippen molar-refractivity contribution in [1.82, 2.24) is 19.5 Å². The van der Waals surface area contributed by atoms with Crippen molar-refractivity contribution in [3.63, 3.8) is 0 Å². The van der Waals surface area contributed by atoms with E-state index in [-0.39, 0.29) is 23.2 Å². The lowest BCUT2D eigenvalue weighted by molar-refractivity contribution is -0.0445. The van der Waals surface area contributed by atoms with Crippen LogP contribution in [0.15, 0.2) is 17.0 Å². The van der Waals surface area contributed by atoms with Crippen molar-refractivity contribution < 1.29 is 32.5 Å². The Balaban J connectivity index is 1.40. The normalized spacial score (nSPS) is 23.3. The monoisotopic (exact) mass is 442 g/mol. The van der Waals surface area contributed by atoms with Gasteiger partial charge in [0.1, 0.15) is 17.1 Å².